The molecule has 0 spiro atoms. The van der Waals surface area contributed by atoms with E-state index in [4.69, 9.17) is 0 Å². The highest BCUT2D eigenvalue weighted by molar-refractivity contribution is 9.08. The van der Waals surface area contributed by atoms with E-state index >= 15 is 0 Å². The third-order valence-corrected chi connectivity index (χ3v) is 2.15. The lowest BCUT2D eigenvalue weighted by Gasteiger charge is -2.00. The lowest BCUT2D eigenvalue weighted by Crippen LogP contribution is -1.88. The van der Waals surface area contributed by atoms with E-state index in [0.29, 0.717) is 17.3 Å². The molecule has 0 atom stereocenters. The molecule has 59 valence electrons. The Hall–Kier alpha value is -0.370. The van der Waals surface area contributed by atoms with Crippen molar-refractivity contribution in [3.63, 3.8) is 0 Å². The first-order valence-corrected chi connectivity index (χ1v) is 4.52. The van der Waals surface area contributed by atoms with Gasteiger partial charge in [0.1, 0.15) is 5.82 Å². The van der Waals surface area contributed by atoms with Gasteiger partial charge in [-0.1, -0.05) is 28.1 Å². The maximum atomic E-state index is 13.0. The molecular weight excluding hydrogens is 207 g/mol. The van der Waals surface area contributed by atoms with E-state index in [0.717, 1.165) is 5.56 Å². The van der Waals surface area contributed by atoms with E-state index in [-0.39, 0.29) is 5.82 Å². The molecule has 0 bridgehead atoms. The van der Waals surface area contributed by atoms with Gasteiger partial charge in [0.25, 0.3) is 0 Å². The van der Waals surface area contributed by atoms with Crippen molar-refractivity contribution < 1.29 is 4.39 Å². The molecule has 0 amide bonds. The molecule has 1 aromatic carbocycles. The number of benzene rings is 1. The zero-order valence-electron chi connectivity index (χ0n) is 6.11. The maximum absolute atomic E-state index is 13.0. The molecule has 0 aliphatic rings. The van der Waals surface area contributed by atoms with E-state index in [1.807, 2.05) is 6.07 Å². The van der Waals surface area contributed by atoms with Gasteiger partial charge < -0.3 is 0 Å². The molecule has 1 radical (unpaired) electrons. The van der Waals surface area contributed by atoms with Gasteiger partial charge in [0.05, 0.1) is 0 Å². The first-order chi connectivity index (χ1) is 5.27. The minimum atomic E-state index is -0.150. The fourth-order valence-electron chi connectivity index (χ4n) is 0.855. The van der Waals surface area contributed by atoms with Gasteiger partial charge in [-0.15, -0.1) is 0 Å². The lowest BCUT2D eigenvalue weighted by molar-refractivity contribution is 0.616. The van der Waals surface area contributed by atoms with Crippen molar-refractivity contribution in [1.29, 1.82) is 0 Å². The Morgan fingerprint density at radius 3 is 2.64 bits per heavy atom. The molecular formula is C9H9BrF. The van der Waals surface area contributed by atoms with Gasteiger partial charge in [-0.2, -0.15) is 0 Å². The van der Waals surface area contributed by atoms with E-state index in [1.165, 1.54) is 6.07 Å². The van der Waals surface area contributed by atoms with Crippen LogP contribution in [0.3, 0.4) is 0 Å². The second-order valence-corrected chi connectivity index (χ2v) is 2.87. The summed E-state index contributed by atoms with van der Waals surface area (Å²) in [5.41, 5.74) is 1.63. The molecule has 11 heavy (non-hydrogen) atoms. The smallest absolute Gasteiger partial charge is 0.127 e. The van der Waals surface area contributed by atoms with Crippen LogP contribution in [0.1, 0.15) is 11.1 Å². The minimum absolute atomic E-state index is 0.150. The molecule has 0 saturated carbocycles. The van der Waals surface area contributed by atoms with Crippen LogP contribution in [0, 0.1) is 12.7 Å². The summed E-state index contributed by atoms with van der Waals surface area (Å²) in [4.78, 5) is 0. The van der Waals surface area contributed by atoms with E-state index in [9.17, 15) is 4.39 Å². The lowest BCUT2D eigenvalue weighted by atomic mass is 10.1. The van der Waals surface area contributed by atoms with Crippen LogP contribution in [0.15, 0.2) is 18.2 Å². The normalized spacial score (nSPS) is 10.1. The Labute approximate surface area is 74.6 Å². The van der Waals surface area contributed by atoms with Crippen molar-refractivity contribution in [2.24, 2.45) is 0 Å². The van der Waals surface area contributed by atoms with Crippen molar-refractivity contribution in [3.05, 3.63) is 42.1 Å². The Morgan fingerprint density at radius 1 is 1.45 bits per heavy atom. The number of hydrogen-bond acceptors (Lipinski definition) is 0. The average Bonchev–Trinajstić information content (AvgIpc) is 2.04. The van der Waals surface area contributed by atoms with Crippen LogP contribution in [-0.4, -0.2) is 0 Å². The fourth-order valence-corrected chi connectivity index (χ4v) is 1.31. The predicted molar refractivity (Wildman–Crippen MR) is 48.1 cm³/mol. The summed E-state index contributed by atoms with van der Waals surface area (Å²) in [6.07, 6.45) is 0.638. The molecule has 0 aromatic heterocycles. The summed E-state index contributed by atoms with van der Waals surface area (Å²) in [6.45, 7) is 3.67. The molecule has 0 nitrogen and oxygen atoms in total. The molecule has 0 aliphatic carbocycles. The Balaban J connectivity index is 2.99. The van der Waals surface area contributed by atoms with Gasteiger partial charge >= 0.3 is 0 Å². The van der Waals surface area contributed by atoms with Gasteiger partial charge in [-0.3, -0.25) is 0 Å². The molecule has 0 fully saturated rings. The summed E-state index contributed by atoms with van der Waals surface area (Å²) < 4.78 is 13.0. The molecule has 1 rings (SSSR count). The van der Waals surface area contributed by atoms with Crippen LogP contribution in [0.5, 0.6) is 0 Å². The minimum Gasteiger partial charge on any atom is -0.207 e. The third-order valence-electron chi connectivity index (χ3n) is 1.55. The highest BCUT2D eigenvalue weighted by Gasteiger charge is 1.99. The average molecular weight is 216 g/mol. The van der Waals surface area contributed by atoms with Crippen LogP contribution < -0.4 is 0 Å². The fraction of sp³-hybridized carbons (Fsp3) is 0.222. The van der Waals surface area contributed by atoms with Crippen LogP contribution in [0.2, 0.25) is 0 Å². The topological polar surface area (TPSA) is 0 Å². The van der Waals surface area contributed by atoms with Crippen LogP contribution in [0.4, 0.5) is 4.39 Å². The number of halogens is 2. The van der Waals surface area contributed by atoms with Crippen molar-refractivity contribution in [2.45, 2.75) is 11.8 Å². The maximum Gasteiger partial charge on any atom is 0.127 e. The van der Waals surface area contributed by atoms with Crippen molar-refractivity contribution in [3.8, 4) is 0 Å². The number of alkyl halides is 1. The SMILES string of the molecule is [CH2]Cc1ccc(CBr)c(F)c1. The molecule has 0 aliphatic heterocycles. The second-order valence-electron chi connectivity index (χ2n) is 2.31. The zero-order valence-corrected chi connectivity index (χ0v) is 7.70. The van der Waals surface area contributed by atoms with Crippen molar-refractivity contribution in [2.75, 3.05) is 0 Å². The van der Waals surface area contributed by atoms with Gasteiger partial charge in [0, 0.05) is 5.33 Å². The quantitative estimate of drug-likeness (QED) is 0.666. The third kappa shape index (κ3) is 2.03. The highest BCUT2D eigenvalue weighted by Crippen LogP contribution is 2.13. The zero-order chi connectivity index (χ0) is 8.27. The molecule has 2 heteroatoms. The predicted octanol–water partition coefficient (Wildman–Crippen LogP) is 3.10. The van der Waals surface area contributed by atoms with Gasteiger partial charge in [0.2, 0.25) is 0 Å². The second kappa shape index (κ2) is 3.86. The van der Waals surface area contributed by atoms with Gasteiger partial charge in [-0.25, -0.2) is 4.39 Å². The summed E-state index contributed by atoms with van der Waals surface area (Å²) in [6, 6.07) is 5.21. The summed E-state index contributed by atoms with van der Waals surface area (Å²) in [5, 5.41) is 0.566. The van der Waals surface area contributed by atoms with Crippen LogP contribution in [0.25, 0.3) is 0 Å². The first-order valence-electron chi connectivity index (χ1n) is 3.40. The monoisotopic (exact) mass is 215 g/mol. The van der Waals surface area contributed by atoms with E-state index < -0.39 is 0 Å². The van der Waals surface area contributed by atoms with Gasteiger partial charge in [0.15, 0.2) is 0 Å². The van der Waals surface area contributed by atoms with Crippen LogP contribution >= 0.6 is 15.9 Å². The molecule has 1 aromatic rings. The van der Waals surface area contributed by atoms with Crippen molar-refractivity contribution >= 4 is 15.9 Å². The molecule has 0 N–H and O–H groups in total. The Morgan fingerprint density at radius 2 is 2.18 bits per heavy atom. The molecule has 0 saturated heterocycles. The Bertz CT molecular complexity index is 245. The van der Waals surface area contributed by atoms with E-state index in [2.05, 4.69) is 22.9 Å². The van der Waals surface area contributed by atoms with Gasteiger partial charge in [-0.05, 0) is 30.5 Å². The van der Waals surface area contributed by atoms with Crippen LogP contribution in [-0.2, 0) is 11.8 Å². The highest BCUT2D eigenvalue weighted by atomic mass is 79.9. The Kier molecular flexibility index (Phi) is 3.06. The summed E-state index contributed by atoms with van der Waals surface area (Å²) in [7, 11) is 0. The summed E-state index contributed by atoms with van der Waals surface area (Å²) in [5.74, 6) is -0.150. The molecule has 0 unspecified atom stereocenters. The summed E-state index contributed by atoms with van der Waals surface area (Å²) >= 11 is 3.20. The largest absolute Gasteiger partial charge is 0.207 e. The molecule has 0 heterocycles. The van der Waals surface area contributed by atoms with E-state index in [1.54, 1.807) is 6.07 Å². The first kappa shape index (κ1) is 8.72. The number of rotatable bonds is 2. The van der Waals surface area contributed by atoms with Crippen molar-refractivity contribution in [1.82, 2.24) is 0 Å². The standard InChI is InChI=1S/C9H9BrF/c1-2-7-3-4-8(6-10)9(11)5-7/h3-5H,1-2,6H2. The number of hydrogen-bond donors (Lipinski definition) is 0.